The number of pyridine rings is 1. The Labute approximate surface area is 169 Å². The minimum atomic E-state index is -0.238. The van der Waals surface area contributed by atoms with Gasteiger partial charge in [0.25, 0.3) is 0 Å². The lowest BCUT2D eigenvalue weighted by molar-refractivity contribution is 0.246. The van der Waals surface area contributed by atoms with Crippen LogP contribution in [0.2, 0.25) is 5.02 Å². The zero-order chi connectivity index (χ0) is 19.7. The van der Waals surface area contributed by atoms with Gasteiger partial charge in [0, 0.05) is 49.5 Å². The summed E-state index contributed by atoms with van der Waals surface area (Å²) in [7, 11) is 0. The van der Waals surface area contributed by atoms with E-state index in [1.54, 1.807) is 18.3 Å². The van der Waals surface area contributed by atoms with Gasteiger partial charge in [0.1, 0.15) is 5.82 Å². The zero-order valence-electron chi connectivity index (χ0n) is 16.1. The summed E-state index contributed by atoms with van der Waals surface area (Å²) in [5, 5.41) is 5.19. The van der Waals surface area contributed by atoms with Crippen molar-refractivity contribution >= 4 is 17.3 Å². The minimum Gasteiger partial charge on any atom is -0.366 e. The van der Waals surface area contributed by atoms with E-state index in [-0.39, 0.29) is 5.82 Å². The maximum absolute atomic E-state index is 14.1. The first-order valence-electron chi connectivity index (χ1n) is 9.42. The van der Waals surface area contributed by atoms with Crippen LogP contribution in [0, 0.1) is 19.7 Å². The topological polar surface area (TPSA) is 37.2 Å². The standard InChI is InChI=1S/C21H23ClFN5/c1-15-21(16(2)28(25-15)20-8-3-4-9-24-20)27-12-10-26(11-13-27)14-17-18(22)6-5-7-19(17)23/h3-9H,10-14H2,1-2H3. The van der Waals surface area contributed by atoms with Crippen molar-refractivity contribution < 1.29 is 4.39 Å². The molecule has 0 unspecified atom stereocenters. The first-order valence-corrected chi connectivity index (χ1v) is 9.80. The van der Waals surface area contributed by atoms with Gasteiger partial charge in [-0.3, -0.25) is 4.90 Å². The third-order valence-corrected chi connectivity index (χ3v) is 5.61. The highest BCUT2D eigenvalue weighted by Crippen LogP contribution is 2.28. The van der Waals surface area contributed by atoms with E-state index in [1.165, 1.54) is 6.07 Å². The number of nitrogens with zero attached hydrogens (tertiary/aromatic N) is 5. The highest BCUT2D eigenvalue weighted by atomic mass is 35.5. The second-order valence-electron chi connectivity index (χ2n) is 7.08. The van der Waals surface area contributed by atoms with E-state index in [9.17, 15) is 4.39 Å². The van der Waals surface area contributed by atoms with Crippen LogP contribution in [-0.4, -0.2) is 45.8 Å². The predicted octanol–water partition coefficient (Wildman–Crippen LogP) is 4.00. The van der Waals surface area contributed by atoms with Crippen molar-refractivity contribution in [1.82, 2.24) is 19.7 Å². The van der Waals surface area contributed by atoms with Gasteiger partial charge in [0.2, 0.25) is 0 Å². The number of benzene rings is 1. The van der Waals surface area contributed by atoms with Crippen molar-refractivity contribution in [2.75, 3.05) is 31.1 Å². The second-order valence-corrected chi connectivity index (χ2v) is 7.49. The van der Waals surface area contributed by atoms with E-state index in [4.69, 9.17) is 16.7 Å². The van der Waals surface area contributed by atoms with Crippen molar-refractivity contribution in [3.8, 4) is 5.82 Å². The lowest BCUT2D eigenvalue weighted by atomic mass is 10.1. The molecule has 7 heteroatoms. The Morgan fingerprint density at radius 1 is 1.04 bits per heavy atom. The Morgan fingerprint density at radius 2 is 1.82 bits per heavy atom. The van der Waals surface area contributed by atoms with E-state index >= 15 is 0 Å². The van der Waals surface area contributed by atoms with Crippen LogP contribution in [0.15, 0.2) is 42.6 Å². The van der Waals surface area contributed by atoms with E-state index in [0.717, 1.165) is 49.1 Å². The van der Waals surface area contributed by atoms with Crippen LogP contribution in [0.3, 0.4) is 0 Å². The molecule has 5 nitrogen and oxygen atoms in total. The van der Waals surface area contributed by atoms with Gasteiger partial charge >= 0.3 is 0 Å². The van der Waals surface area contributed by atoms with Gasteiger partial charge in [-0.25, -0.2) is 14.1 Å². The molecule has 1 aliphatic heterocycles. The Kier molecular flexibility index (Phi) is 5.33. The molecule has 0 amide bonds. The van der Waals surface area contributed by atoms with Gasteiger partial charge in [0.15, 0.2) is 5.82 Å². The van der Waals surface area contributed by atoms with E-state index in [2.05, 4.69) is 21.7 Å². The molecule has 1 aliphatic rings. The first-order chi connectivity index (χ1) is 13.5. The normalized spacial score (nSPS) is 15.2. The maximum Gasteiger partial charge on any atom is 0.153 e. The molecular weight excluding hydrogens is 377 g/mol. The summed E-state index contributed by atoms with van der Waals surface area (Å²) in [4.78, 5) is 9.01. The largest absolute Gasteiger partial charge is 0.366 e. The molecule has 0 N–H and O–H groups in total. The number of aromatic nitrogens is 3. The molecule has 0 atom stereocenters. The number of rotatable bonds is 4. The van der Waals surface area contributed by atoms with Gasteiger partial charge in [0.05, 0.1) is 17.1 Å². The summed E-state index contributed by atoms with van der Waals surface area (Å²) in [5.74, 6) is 0.584. The molecule has 1 aromatic carbocycles. The second kappa shape index (κ2) is 7.89. The van der Waals surface area contributed by atoms with Crippen LogP contribution in [0.5, 0.6) is 0 Å². The van der Waals surface area contributed by atoms with E-state index < -0.39 is 0 Å². The van der Waals surface area contributed by atoms with Crippen LogP contribution in [0.4, 0.5) is 10.1 Å². The molecule has 0 spiro atoms. The molecule has 0 bridgehead atoms. The lowest BCUT2D eigenvalue weighted by Crippen LogP contribution is -2.46. The van der Waals surface area contributed by atoms with Gasteiger partial charge in [-0.15, -0.1) is 0 Å². The average molecular weight is 400 g/mol. The molecule has 0 radical (unpaired) electrons. The fourth-order valence-electron chi connectivity index (χ4n) is 3.83. The molecule has 0 saturated carbocycles. The molecular formula is C21H23ClFN5. The van der Waals surface area contributed by atoms with Gasteiger partial charge in [-0.05, 0) is 38.1 Å². The molecule has 4 rings (SSSR count). The van der Waals surface area contributed by atoms with Gasteiger partial charge in [-0.1, -0.05) is 23.7 Å². The molecule has 3 aromatic rings. The molecule has 1 saturated heterocycles. The van der Waals surface area contributed by atoms with Crippen molar-refractivity contribution in [2.45, 2.75) is 20.4 Å². The van der Waals surface area contributed by atoms with Gasteiger partial charge in [-0.2, -0.15) is 5.10 Å². The summed E-state index contributed by atoms with van der Waals surface area (Å²) in [6.45, 7) is 8.06. The van der Waals surface area contributed by atoms with Crippen LogP contribution >= 0.6 is 11.6 Å². The Bertz CT molecular complexity index is 944. The monoisotopic (exact) mass is 399 g/mol. The summed E-state index contributed by atoms with van der Waals surface area (Å²) >= 11 is 6.18. The van der Waals surface area contributed by atoms with Crippen molar-refractivity contribution in [1.29, 1.82) is 0 Å². The summed E-state index contributed by atoms with van der Waals surface area (Å²) < 4.78 is 16.0. The number of halogens is 2. The van der Waals surface area contributed by atoms with Gasteiger partial charge < -0.3 is 4.90 Å². The summed E-state index contributed by atoms with van der Waals surface area (Å²) in [5.41, 5.74) is 3.82. The number of aryl methyl sites for hydroxylation is 1. The molecule has 146 valence electrons. The van der Waals surface area contributed by atoms with Crippen LogP contribution < -0.4 is 4.90 Å². The highest BCUT2D eigenvalue weighted by molar-refractivity contribution is 6.31. The minimum absolute atomic E-state index is 0.238. The maximum atomic E-state index is 14.1. The van der Waals surface area contributed by atoms with Crippen molar-refractivity contribution in [3.05, 3.63) is 70.4 Å². The van der Waals surface area contributed by atoms with Crippen LogP contribution in [-0.2, 0) is 6.54 Å². The average Bonchev–Trinajstić information content (AvgIpc) is 3.00. The zero-order valence-corrected chi connectivity index (χ0v) is 16.8. The summed E-state index contributed by atoms with van der Waals surface area (Å²) in [6, 6.07) is 10.7. The van der Waals surface area contributed by atoms with Crippen LogP contribution in [0.1, 0.15) is 17.0 Å². The Balaban J connectivity index is 1.48. The van der Waals surface area contributed by atoms with Crippen LogP contribution in [0.25, 0.3) is 5.82 Å². The Hall–Kier alpha value is -2.44. The van der Waals surface area contributed by atoms with E-state index in [0.29, 0.717) is 17.1 Å². The first kappa shape index (κ1) is 18.9. The number of anilines is 1. The molecule has 1 fully saturated rings. The third kappa shape index (κ3) is 3.62. The summed E-state index contributed by atoms with van der Waals surface area (Å²) in [6.07, 6.45) is 1.78. The lowest BCUT2D eigenvalue weighted by Gasteiger charge is -2.36. The molecule has 2 aromatic heterocycles. The predicted molar refractivity (Wildman–Crippen MR) is 110 cm³/mol. The molecule has 28 heavy (non-hydrogen) atoms. The quantitative estimate of drug-likeness (QED) is 0.664. The third-order valence-electron chi connectivity index (χ3n) is 5.25. The number of hydrogen-bond donors (Lipinski definition) is 0. The molecule has 0 aliphatic carbocycles. The van der Waals surface area contributed by atoms with E-state index in [1.807, 2.05) is 29.8 Å². The smallest absolute Gasteiger partial charge is 0.153 e. The molecule has 3 heterocycles. The highest BCUT2D eigenvalue weighted by Gasteiger charge is 2.24. The Morgan fingerprint density at radius 3 is 2.50 bits per heavy atom. The fourth-order valence-corrected chi connectivity index (χ4v) is 4.05. The van der Waals surface area contributed by atoms with Crippen molar-refractivity contribution in [2.24, 2.45) is 0 Å². The SMILES string of the molecule is Cc1nn(-c2ccccn2)c(C)c1N1CCN(Cc2c(F)cccc2Cl)CC1. The fraction of sp³-hybridized carbons (Fsp3) is 0.333. The van der Waals surface area contributed by atoms with Crippen molar-refractivity contribution in [3.63, 3.8) is 0 Å². The number of hydrogen-bond acceptors (Lipinski definition) is 4. The number of piperazine rings is 1.